The lowest BCUT2D eigenvalue weighted by Gasteiger charge is -2.45. The number of aryl methyl sites for hydroxylation is 2. The molecular formula is C24H29ClN4O3. The summed E-state index contributed by atoms with van der Waals surface area (Å²) in [6.07, 6.45) is 6.94. The fraction of sp³-hybridized carbons (Fsp3) is 0.542. The van der Waals surface area contributed by atoms with Gasteiger partial charge in [-0.25, -0.2) is 4.98 Å². The van der Waals surface area contributed by atoms with Crippen molar-refractivity contribution < 1.29 is 13.6 Å². The van der Waals surface area contributed by atoms with Crippen LogP contribution < -0.4 is 0 Å². The highest BCUT2D eigenvalue weighted by molar-refractivity contribution is 6.30. The van der Waals surface area contributed by atoms with E-state index in [0.29, 0.717) is 36.4 Å². The minimum atomic E-state index is -0.190. The third-order valence-corrected chi connectivity index (χ3v) is 6.94. The molecular weight excluding hydrogens is 428 g/mol. The molecule has 32 heavy (non-hydrogen) atoms. The molecule has 0 amide bonds. The van der Waals surface area contributed by atoms with Crippen molar-refractivity contribution in [1.82, 2.24) is 20.1 Å². The van der Waals surface area contributed by atoms with Crippen molar-refractivity contribution in [3.05, 3.63) is 64.5 Å². The molecule has 0 N–H and O–H groups in total. The summed E-state index contributed by atoms with van der Waals surface area (Å²) >= 11 is 6.09. The van der Waals surface area contributed by atoms with Crippen LogP contribution in [0.2, 0.25) is 5.02 Å². The van der Waals surface area contributed by atoms with Crippen LogP contribution in [0, 0.1) is 13.8 Å². The Hall–Kier alpha value is -2.22. The first-order valence-electron chi connectivity index (χ1n) is 11.4. The molecule has 5 rings (SSSR count). The highest BCUT2D eigenvalue weighted by atomic mass is 35.5. The first-order chi connectivity index (χ1) is 15.5. The van der Waals surface area contributed by atoms with E-state index in [9.17, 15) is 0 Å². The van der Waals surface area contributed by atoms with Gasteiger partial charge in [0.15, 0.2) is 5.89 Å². The molecule has 2 atom stereocenters. The lowest BCUT2D eigenvalue weighted by Crippen LogP contribution is -2.53. The SMILES string of the molecule is Cc1cnc(C2CCC(N3C[C@H](c4nnc(C)o4)OC[C@@H]3Cc3ccc(Cl)cc3)CC2)o1. The molecule has 2 fully saturated rings. The molecule has 0 spiro atoms. The summed E-state index contributed by atoms with van der Waals surface area (Å²) in [4.78, 5) is 7.08. The van der Waals surface area contributed by atoms with Gasteiger partial charge in [0.2, 0.25) is 11.8 Å². The normalized spacial score (nSPS) is 27.0. The average molecular weight is 457 g/mol. The van der Waals surface area contributed by atoms with Crippen molar-refractivity contribution in [3.63, 3.8) is 0 Å². The largest absolute Gasteiger partial charge is 0.446 e. The Labute approximate surface area is 193 Å². The Bertz CT molecular complexity index is 1030. The molecule has 1 saturated carbocycles. The van der Waals surface area contributed by atoms with Crippen molar-refractivity contribution in [3.8, 4) is 0 Å². The van der Waals surface area contributed by atoms with E-state index in [0.717, 1.165) is 55.3 Å². The molecule has 2 aromatic heterocycles. The second-order valence-electron chi connectivity index (χ2n) is 8.98. The molecule has 2 aliphatic rings. The van der Waals surface area contributed by atoms with Crippen molar-refractivity contribution in [1.29, 1.82) is 0 Å². The van der Waals surface area contributed by atoms with E-state index in [1.165, 1.54) is 5.56 Å². The Morgan fingerprint density at radius 3 is 2.44 bits per heavy atom. The first kappa shape index (κ1) is 21.6. The van der Waals surface area contributed by atoms with Crippen molar-refractivity contribution >= 4 is 11.6 Å². The van der Waals surface area contributed by atoms with E-state index < -0.39 is 0 Å². The highest BCUT2D eigenvalue weighted by Crippen LogP contribution is 2.37. The van der Waals surface area contributed by atoms with Gasteiger partial charge in [0.25, 0.3) is 0 Å². The molecule has 1 aliphatic heterocycles. The smallest absolute Gasteiger partial charge is 0.246 e. The number of nitrogens with zero attached hydrogens (tertiary/aromatic N) is 4. The number of hydrogen-bond donors (Lipinski definition) is 0. The molecule has 7 nitrogen and oxygen atoms in total. The summed E-state index contributed by atoms with van der Waals surface area (Å²) in [5.74, 6) is 3.32. The topological polar surface area (TPSA) is 77.4 Å². The van der Waals surface area contributed by atoms with Crippen LogP contribution in [0.15, 0.2) is 39.3 Å². The fourth-order valence-corrected chi connectivity index (χ4v) is 5.16. The molecule has 0 unspecified atom stereocenters. The summed E-state index contributed by atoms with van der Waals surface area (Å²) < 4.78 is 17.7. The third-order valence-electron chi connectivity index (χ3n) is 6.69. The van der Waals surface area contributed by atoms with Crippen molar-refractivity contribution in [2.75, 3.05) is 13.2 Å². The summed E-state index contributed by atoms with van der Waals surface area (Å²) in [6, 6.07) is 8.90. The zero-order valence-corrected chi connectivity index (χ0v) is 19.3. The molecule has 1 aliphatic carbocycles. The van der Waals surface area contributed by atoms with E-state index in [1.807, 2.05) is 32.2 Å². The second-order valence-corrected chi connectivity index (χ2v) is 9.41. The monoisotopic (exact) mass is 456 g/mol. The molecule has 170 valence electrons. The zero-order chi connectivity index (χ0) is 22.1. The molecule has 3 heterocycles. The van der Waals surface area contributed by atoms with Crippen molar-refractivity contribution in [2.24, 2.45) is 0 Å². The Morgan fingerprint density at radius 2 is 1.78 bits per heavy atom. The quantitative estimate of drug-likeness (QED) is 0.532. The number of morpholine rings is 1. The predicted molar refractivity (Wildman–Crippen MR) is 120 cm³/mol. The number of benzene rings is 1. The van der Waals surface area contributed by atoms with Crippen LogP contribution in [0.25, 0.3) is 0 Å². The van der Waals surface area contributed by atoms with Crippen LogP contribution in [0.5, 0.6) is 0 Å². The van der Waals surface area contributed by atoms with Crippen LogP contribution >= 0.6 is 11.6 Å². The Balaban J connectivity index is 1.31. The molecule has 3 aromatic rings. The predicted octanol–water partition coefficient (Wildman–Crippen LogP) is 5.04. The number of rotatable bonds is 5. The lowest BCUT2D eigenvalue weighted by molar-refractivity contribution is -0.0953. The molecule has 8 heteroatoms. The van der Waals surface area contributed by atoms with E-state index in [4.69, 9.17) is 25.2 Å². The number of hydrogen-bond acceptors (Lipinski definition) is 7. The van der Waals surface area contributed by atoms with Gasteiger partial charge < -0.3 is 13.6 Å². The lowest BCUT2D eigenvalue weighted by atomic mass is 9.84. The van der Waals surface area contributed by atoms with Crippen LogP contribution in [-0.2, 0) is 11.2 Å². The Kier molecular flexibility index (Phi) is 6.31. The van der Waals surface area contributed by atoms with E-state index >= 15 is 0 Å². The summed E-state index contributed by atoms with van der Waals surface area (Å²) in [6.45, 7) is 5.16. The van der Waals surface area contributed by atoms with Gasteiger partial charge in [-0.1, -0.05) is 23.7 Å². The summed E-state index contributed by atoms with van der Waals surface area (Å²) in [5, 5.41) is 8.97. The van der Waals surface area contributed by atoms with Gasteiger partial charge in [-0.3, -0.25) is 4.90 Å². The molecule has 1 saturated heterocycles. The van der Waals surface area contributed by atoms with Crippen LogP contribution in [0.1, 0.15) is 66.7 Å². The van der Waals surface area contributed by atoms with Gasteiger partial charge in [-0.2, -0.15) is 0 Å². The maximum atomic E-state index is 6.21. The van der Waals surface area contributed by atoms with Crippen LogP contribution in [0.4, 0.5) is 0 Å². The van der Waals surface area contributed by atoms with E-state index in [1.54, 1.807) is 0 Å². The van der Waals surface area contributed by atoms with Gasteiger partial charge >= 0.3 is 0 Å². The van der Waals surface area contributed by atoms with Gasteiger partial charge in [-0.15, -0.1) is 10.2 Å². The van der Waals surface area contributed by atoms with Crippen LogP contribution in [-0.4, -0.2) is 45.3 Å². The number of ether oxygens (including phenoxy) is 1. The minimum absolute atomic E-state index is 0.190. The number of oxazole rings is 1. The maximum Gasteiger partial charge on any atom is 0.246 e. The first-order valence-corrected chi connectivity index (χ1v) is 11.8. The van der Waals surface area contributed by atoms with E-state index in [-0.39, 0.29) is 6.10 Å². The molecule has 1 aromatic carbocycles. The average Bonchev–Trinajstić information content (AvgIpc) is 3.44. The fourth-order valence-electron chi connectivity index (χ4n) is 5.04. The van der Waals surface area contributed by atoms with Gasteiger partial charge in [0.05, 0.1) is 12.8 Å². The van der Waals surface area contributed by atoms with Crippen LogP contribution in [0.3, 0.4) is 0 Å². The minimum Gasteiger partial charge on any atom is -0.446 e. The molecule has 0 radical (unpaired) electrons. The molecule has 0 bridgehead atoms. The summed E-state index contributed by atoms with van der Waals surface area (Å²) in [7, 11) is 0. The zero-order valence-electron chi connectivity index (χ0n) is 18.5. The number of halogens is 1. The Morgan fingerprint density at radius 1 is 1.00 bits per heavy atom. The summed E-state index contributed by atoms with van der Waals surface area (Å²) in [5.41, 5.74) is 1.27. The highest BCUT2D eigenvalue weighted by Gasteiger charge is 2.38. The number of aromatic nitrogens is 3. The second kappa shape index (κ2) is 9.33. The van der Waals surface area contributed by atoms with Gasteiger partial charge in [-0.05, 0) is 56.7 Å². The third kappa shape index (κ3) is 4.75. The van der Waals surface area contributed by atoms with Gasteiger partial charge in [0.1, 0.15) is 11.9 Å². The standard InChI is InChI=1S/C24H29ClN4O3/c1-15-12-26-23(31-15)18-5-9-20(10-6-18)29-13-22(24-28-27-16(2)32-24)30-14-21(29)11-17-3-7-19(25)8-4-17/h3-4,7-8,12,18,20-22H,5-6,9-11,13-14H2,1-2H3/t18?,20?,21-,22+/m0/s1. The van der Waals surface area contributed by atoms with Crippen molar-refractivity contribution in [2.45, 2.75) is 70.1 Å². The van der Waals surface area contributed by atoms with E-state index in [2.05, 4.69) is 32.2 Å². The van der Waals surface area contributed by atoms with Gasteiger partial charge in [0, 0.05) is 36.5 Å². The maximum absolute atomic E-state index is 6.21.